The molecule has 1 fully saturated rings. The van der Waals surface area contributed by atoms with Gasteiger partial charge in [0.2, 0.25) is 10.0 Å². The van der Waals surface area contributed by atoms with Crippen molar-refractivity contribution in [3.05, 3.63) is 71.6 Å². The van der Waals surface area contributed by atoms with Crippen molar-refractivity contribution < 1.29 is 21.6 Å². The first-order valence-corrected chi connectivity index (χ1v) is 9.91. The zero-order chi connectivity index (χ0) is 19.4. The summed E-state index contributed by atoms with van der Waals surface area (Å²) in [5.74, 6) is -4.87. The van der Waals surface area contributed by atoms with Crippen LogP contribution in [0.1, 0.15) is 5.56 Å². The van der Waals surface area contributed by atoms with Crippen molar-refractivity contribution >= 4 is 16.1 Å². The van der Waals surface area contributed by atoms with E-state index in [-0.39, 0.29) is 13.1 Å². The highest BCUT2D eigenvalue weighted by Crippen LogP contribution is 2.24. The first-order chi connectivity index (χ1) is 12.9. The summed E-state index contributed by atoms with van der Waals surface area (Å²) in [6.07, 6.45) is 3.98. The molecule has 0 unspecified atom stereocenters. The van der Waals surface area contributed by atoms with Gasteiger partial charge in [-0.2, -0.15) is 4.31 Å². The second-order valence-electron chi connectivity index (χ2n) is 6.19. The normalized spacial score (nSPS) is 16.9. The van der Waals surface area contributed by atoms with E-state index in [0.717, 1.165) is 15.9 Å². The molecule has 0 aliphatic carbocycles. The second-order valence-corrected chi connectivity index (χ2v) is 8.10. The molecule has 0 spiro atoms. The fourth-order valence-electron chi connectivity index (χ4n) is 2.90. The number of sulfonamides is 1. The molecule has 1 heterocycles. The zero-order valence-electron chi connectivity index (χ0n) is 14.5. The summed E-state index contributed by atoms with van der Waals surface area (Å²) in [5.41, 5.74) is 1.08. The van der Waals surface area contributed by atoms with E-state index >= 15 is 0 Å². The highest BCUT2D eigenvalue weighted by molar-refractivity contribution is 7.89. The third kappa shape index (κ3) is 4.40. The highest BCUT2D eigenvalue weighted by atomic mass is 32.2. The topological polar surface area (TPSA) is 40.6 Å². The van der Waals surface area contributed by atoms with Crippen LogP contribution in [0.5, 0.6) is 0 Å². The molecule has 2 aromatic rings. The fourth-order valence-corrected chi connectivity index (χ4v) is 4.38. The first-order valence-electron chi connectivity index (χ1n) is 8.47. The molecule has 0 atom stereocenters. The van der Waals surface area contributed by atoms with Gasteiger partial charge < -0.3 is 0 Å². The van der Waals surface area contributed by atoms with Gasteiger partial charge in [0.25, 0.3) is 0 Å². The van der Waals surface area contributed by atoms with Gasteiger partial charge in [-0.1, -0.05) is 42.5 Å². The molecule has 1 aliphatic rings. The largest absolute Gasteiger partial charge is 0.297 e. The summed E-state index contributed by atoms with van der Waals surface area (Å²) in [6, 6.07) is 11.2. The lowest BCUT2D eigenvalue weighted by Gasteiger charge is -2.33. The van der Waals surface area contributed by atoms with Gasteiger partial charge in [0, 0.05) is 32.7 Å². The summed E-state index contributed by atoms with van der Waals surface area (Å²) in [5, 5.41) is 0. The van der Waals surface area contributed by atoms with Gasteiger partial charge in [-0.15, -0.1) is 0 Å². The Labute approximate surface area is 156 Å². The maximum absolute atomic E-state index is 13.9. The molecule has 8 heteroatoms. The Balaban J connectivity index is 1.61. The monoisotopic (exact) mass is 396 g/mol. The number of benzene rings is 2. The quantitative estimate of drug-likeness (QED) is 0.730. The van der Waals surface area contributed by atoms with Gasteiger partial charge in [0.15, 0.2) is 17.5 Å². The van der Waals surface area contributed by atoms with Crippen molar-refractivity contribution in [1.29, 1.82) is 0 Å². The summed E-state index contributed by atoms with van der Waals surface area (Å²) >= 11 is 0. The first kappa shape index (κ1) is 19.6. The summed E-state index contributed by atoms with van der Waals surface area (Å²) < 4.78 is 66.5. The highest BCUT2D eigenvalue weighted by Gasteiger charge is 2.32. The van der Waals surface area contributed by atoms with Crippen LogP contribution in [0.4, 0.5) is 13.2 Å². The summed E-state index contributed by atoms with van der Waals surface area (Å²) in [7, 11) is -4.21. The average Bonchev–Trinajstić information content (AvgIpc) is 2.67. The molecular weight excluding hydrogens is 377 g/mol. The van der Waals surface area contributed by atoms with Crippen molar-refractivity contribution in [2.75, 3.05) is 32.7 Å². The lowest BCUT2D eigenvalue weighted by atomic mass is 10.2. The van der Waals surface area contributed by atoms with Crippen LogP contribution in [0.25, 0.3) is 6.08 Å². The number of hydrogen-bond acceptors (Lipinski definition) is 3. The number of halogens is 3. The van der Waals surface area contributed by atoms with E-state index in [9.17, 15) is 21.6 Å². The van der Waals surface area contributed by atoms with Crippen LogP contribution >= 0.6 is 0 Å². The number of hydrogen-bond donors (Lipinski definition) is 0. The van der Waals surface area contributed by atoms with Gasteiger partial charge in [-0.25, -0.2) is 21.6 Å². The Morgan fingerprint density at radius 1 is 0.889 bits per heavy atom. The van der Waals surface area contributed by atoms with E-state index in [0.29, 0.717) is 25.7 Å². The second kappa shape index (κ2) is 8.24. The van der Waals surface area contributed by atoms with Gasteiger partial charge in [0.05, 0.1) is 0 Å². The van der Waals surface area contributed by atoms with Crippen LogP contribution in [0.2, 0.25) is 0 Å². The predicted octanol–water partition coefficient (Wildman–Crippen LogP) is 3.12. The van der Waals surface area contributed by atoms with E-state index in [1.807, 2.05) is 42.5 Å². The van der Waals surface area contributed by atoms with Gasteiger partial charge in [-0.05, 0) is 17.7 Å². The molecule has 0 radical (unpaired) electrons. The molecule has 0 N–H and O–H groups in total. The molecular formula is C19H19F3N2O2S. The van der Waals surface area contributed by atoms with Crippen LogP contribution in [-0.4, -0.2) is 50.3 Å². The number of piperazine rings is 1. The van der Waals surface area contributed by atoms with Crippen molar-refractivity contribution in [1.82, 2.24) is 9.21 Å². The van der Waals surface area contributed by atoms with Crippen molar-refractivity contribution in [2.24, 2.45) is 0 Å². The lowest BCUT2D eigenvalue weighted by Crippen LogP contribution is -2.48. The van der Waals surface area contributed by atoms with Crippen molar-refractivity contribution in [3.8, 4) is 0 Å². The fraction of sp³-hybridized carbons (Fsp3) is 0.263. The Morgan fingerprint density at radius 2 is 1.56 bits per heavy atom. The smallest absolute Gasteiger partial charge is 0.246 e. The van der Waals surface area contributed by atoms with E-state index < -0.39 is 32.4 Å². The van der Waals surface area contributed by atoms with Crippen LogP contribution in [0, 0.1) is 17.5 Å². The molecule has 144 valence electrons. The minimum Gasteiger partial charge on any atom is -0.297 e. The molecule has 0 bridgehead atoms. The lowest BCUT2D eigenvalue weighted by molar-refractivity contribution is 0.204. The average molecular weight is 396 g/mol. The predicted molar refractivity (Wildman–Crippen MR) is 97.0 cm³/mol. The molecule has 1 aliphatic heterocycles. The van der Waals surface area contributed by atoms with Crippen LogP contribution in [0.15, 0.2) is 53.4 Å². The maximum Gasteiger partial charge on any atom is 0.246 e. The Morgan fingerprint density at radius 3 is 2.22 bits per heavy atom. The van der Waals surface area contributed by atoms with E-state index in [4.69, 9.17) is 0 Å². The SMILES string of the molecule is O=S(=O)(c1ccc(F)c(F)c1F)N1CCN(CC=Cc2ccccc2)CC1. The third-order valence-corrected chi connectivity index (χ3v) is 6.34. The minimum absolute atomic E-state index is 0.153. The maximum atomic E-state index is 13.9. The Kier molecular flexibility index (Phi) is 5.98. The van der Waals surface area contributed by atoms with Crippen molar-refractivity contribution in [2.45, 2.75) is 4.90 Å². The van der Waals surface area contributed by atoms with Crippen LogP contribution in [0.3, 0.4) is 0 Å². The van der Waals surface area contributed by atoms with Crippen molar-refractivity contribution in [3.63, 3.8) is 0 Å². The van der Waals surface area contributed by atoms with E-state index in [1.54, 1.807) is 0 Å². The molecule has 1 saturated heterocycles. The molecule has 4 nitrogen and oxygen atoms in total. The number of nitrogens with zero attached hydrogens (tertiary/aromatic N) is 2. The molecule has 27 heavy (non-hydrogen) atoms. The molecule has 0 aromatic heterocycles. The molecule has 0 saturated carbocycles. The minimum atomic E-state index is -4.21. The Bertz CT molecular complexity index is 925. The third-order valence-electron chi connectivity index (χ3n) is 4.42. The summed E-state index contributed by atoms with van der Waals surface area (Å²) in [6.45, 7) is 1.88. The summed E-state index contributed by atoms with van der Waals surface area (Å²) in [4.78, 5) is 1.23. The molecule has 3 rings (SSSR count). The molecule has 0 amide bonds. The standard InChI is InChI=1S/C19H19F3N2O2S/c20-16-8-9-17(19(22)18(16)21)27(25,26)24-13-11-23(12-14-24)10-4-7-15-5-2-1-3-6-15/h1-9H,10-14H2. The van der Waals surface area contributed by atoms with Gasteiger partial charge >= 0.3 is 0 Å². The van der Waals surface area contributed by atoms with Gasteiger partial charge in [0.1, 0.15) is 4.90 Å². The van der Waals surface area contributed by atoms with Crippen LogP contribution in [-0.2, 0) is 10.0 Å². The number of rotatable bonds is 5. The van der Waals surface area contributed by atoms with Crippen LogP contribution < -0.4 is 0 Å². The van der Waals surface area contributed by atoms with E-state index in [1.165, 1.54) is 0 Å². The van der Waals surface area contributed by atoms with Gasteiger partial charge in [-0.3, -0.25) is 4.90 Å². The zero-order valence-corrected chi connectivity index (χ0v) is 15.3. The Hall–Kier alpha value is -2.16. The van der Waals surface area contributed by atoms with E-state index in [2.05, 4.69) is 4.90 Å². The molecule has 2 aromatic carbocycles.